The number of carbonyl (C=O) groups excluding carboxylic acids is 1. The molecule has 6 heteroatoms. The second-order valence-corrected chi connectivity index (χ2v) is 6.18. The fourth-order valence-electron chi connectivity index (χ4n) is 2.25. The lowest BCUT2D eigenvalue weighted by atomic mass is 10.2. The lowest BCUT2D eigenvalue weighted by Gasteiger charge is -2.21. The predicted molar refractivity (Wildman–Crippen MR) is 105 cm³/mol. The second-order valence-electron chi connectivity index (χ2n) is 6.18. The molecule has 0 amide bonds. The largest absolute Gasteiger partial charge is 0.481 e. The van der Waals surface area contributed by atoms with Crippen LogP contribution in [0.3, 0.4) is 0 Å². The van der Waals surface area contributed by atoms with Crippen molar-refractivity contribution in [3.05, 3.63) is 29.8 Å². The number of unbranched alkanes of at least 4 members (excludes halogenated alkanes) is 2. The summed E-state index contributed by atoms with van der Waals surface area (Å²) < 4.78 is 5.32. The van der Waals surface area contributed by atoms with Gasteiger partial charge in [-0.2, -0.15) is 0 Å². The molecule has 0 saturated heterocycles. The number of hydrogen-bond acceptors (Lipinski definition) is 5. The van der Waals surface area contributed by atoms with Gasteiger partial charge in [-0.1, -0.05) is 26.7 Å². The Balaban J connectivity index is 0.00000141. The maximum absolute atomic E-state index is 11.9. The first-order valence-electron chi connectivity index (χ1n) is 9.35. The van der Waals surface area contributed by atoms with Crippen molar-refractivity contribution in [3.8, 4) is 0 Å². The highest BCUT2D eigenvalue weighted by molar-refractivity contribution is 5.89. The van der Waals surface area contributed by atoms with E-state index in [4.69, 9.17) is 20.4 Å². The molecule has 0 aromatic heterocycles. The minimum absolute atomic E-state index is 0.270. The molecule has 0 radical (unpaired) electrons. The van der Waals surface area contributed by atoms with E-state index in [9.17, 15) is 4.79 Å². The van der Waals surface area contributed by atoms with E-state index in [1.54, 1.807) is 24.3 Å². The Labute approximate surface area is 157 Å². The Morgan fingerprint density at radius 3 is 1.92 bits per heavy atom. The highest BCUT2D eigenvalue weighted by Gasteiger charge is 2.08. The van der Waals surface area contributed by atoms with Gasteiger partial charge in [0, 0.05) is 19.2 Å². The number of aliphatic carboxylic acids is 1. The van der Waals surface area contributed by atoms with Crippen LogP contribution in [0.15, 0.2) is 24.3 Å². The third-order valence-corrected chi connectivity index (χ3v) is 3.65. The van der Waals surface area contributed by atoms with E-state index in [1.165, 1.54) is 25.7 Å². The second kappa shape index (κ2) is 15.2. The molecule has 0 saturated carbocycles. The minimum Gasteiger partial charge on any atom is -0.481 e. The van der Waals surface area contributed by atoms with Gasteiger partial charge in [0.05, 0.1) is 12.2 Å². The molecule has 0 unspecified atom stereocenters. The van der Waals surface area contributed by atoms with Crippen LogP contribution in [-0.4, -0.2) is 48.2 Å². The van der Waals surface area contributed by atoms with Crippen molar-refractivity contribution < 1.29 is 19.4 Å². The third-order valence-electron chi connectivity index (χ3n) is 3.65. The number of ether oxygens (including phenoxy) is 1. The van der Waals surface area contributed by atoms with Gasteiger partial charge in [0.2, 0.25) is 0 Å². The number of carboxylic acids is 1. The number of carbonyl (C=O) groups is 2. The lowest BCUT2D eigenvalue weighted by molar-refractivity contribution is -0.134. The van der Waals surface area contributed by atoms with Crippen molar-refractivity contribution >= 4 is 17.6 Å². The number of esters is 1. The van der Waals surface area contributed by atoms with Crippen LogP contribution in [0.25, 0.3) is 0 Å². The van der Waals surface area contributed by atoms with E-state index in [1.807, 2.05) is 0 Å². The zero-order valence-corrected chi connectivity index (χ0v) is 16.4. The van der Waals surface area contributed by atoms with Crippen molar-refractivity contribution in [3.63, 3.8) is 0 Å². The summed E-state index contributed by atoms with van der Waals surface area (Å²) in [6, 6.07) is 6.83. The Bertz CT molecular complexity index is 491. The van der Waals surface area contributed by atoms with Gasteiger partial charge in [-0.3, -0.25) is 4.79 Å². The molecule has 6 nitrogen and oxygen atoms in total. The Kier molecular flexibility index (Phi) is 14.0. The van der Waals surface area contributed by atoms with Crippen molar-refractivity contribution in [2.45, 2.75) is 52.9 Å². The van der Waals surface area contributed by atoms with Crippen LogP contribution in [0.4, 0.5) is 5.69 Å². The molecule has 1 aromatic rings. The van der Waals surface area contributed by atoms with Crippen molar-refractivity contribution in [2.24, 2.45) is 0 Å². The normalized spacial score (nSPS) is 10.2. The molecule has 0 fully saturated rings. The van der Waals surface area contributed by atoms with E-state index >= 15 is 0 Å². The number of nitrogen functional groups attached to an aromatic ring is 1. The molecule has 0 heterocycles. The SMILES string of the molecule is CC(=O)O.CCCCN(CCCC)CCCOC(=O)c1ccc(N)cc1. The number of hydrogen-bond donors (Lipinski definition) is 2. The molecule has 1 aromatic carbocycles. The van der Waals surface area contributed by atoms with Gasteiger partial charge in [0.15, 0.2) is 0 Å². The van der Waals surface area contributed by atoms with Crippen LogP contribution in [0.1, 0.15) is 63.2 Å². The molecule has 0 aliphatic heterocycles. The number of carboxylic acid groups (broad SMARTS) is 1. The van der Waals surface area contributed by atoms with E-state index in [0.29, 0.717) is 17.9 Å². The molecule has 0 bridgehead atoms. The van der Waals surface area contributed by atoms with Crippen LogP contribution in [0, 0.1) is 0 Å². The highest BCUT2D eigenvalue weighted by Crippen LogP contribution is 2.07. The van der Waals surface area contributed by atoms with Crippen LogP contribution >= 0.6 is 0 Å². The first-order chi connectivity index (χ1) is 12.4. The quantitative estimate of drug-likeness (QED) is 0.351. The van der Waals surface area contributed by atoms with Gasteiger partial charge in [-0.15, -0.1) is 0 Å². The molecule has 0 atom stereocenters. The van der Waals surface area contributed by atoms with E-state index in [0.717, 1.165) is 33.0 Å². The summed E-state index contributed by atoms with van der Waals surface area (Å²) in [6.45, 7) is 9.26. The molecular weight excluding hydrogens is 332 g/mol. The van der Waals surface area contributed by atoms with E-state index < -0.39 is 5.97 Å². The molecule has 0 spiro atoms. The first-order valence-corrected chi connectivity index (χ1v) is 9.35. The summed E-state index contributed by atoms with van der Waals surface area (Å²) in [6.07, 6.45) is 5.78. The zero-order valence-electron chi connectivity index (χ0n) is 16.4. The molecule has 3 N–H and O–H groups in total. The zero-order chi connectivity index (χ0) is 19.8. The molecule has 0 aliphatic rings. The summed E-state index contributed by atoms with van der Waals surface area (Å²) in [5, 5.41) is 7.42. The van der Waals surface area contributed by atoms with Crippen LogP contribution in [-0.2, 0) is 9.53 Å². The van der Waals surface area contributed by atoms with Gasteiger partial charge < -0.3 is 20.5 Å². The van der Waals surface area contributed by atoms with Crippen molar-refractivity contribution in [2.75, 3.05) is 32.0 Å². The number of anilines is 1. The first kappa shape index (κ1) is 23.9. The fraction of sp³-hybridized carbons (Fsp3) is 0.600. The fourth-order valence-corrected chi connectivity index (χ4v) is 2.25. The lowest BCUT2D eigenvalue weighted by Crippen LogP contribution is -2.28. The Morgan fingerprint density at radius 2 is 1.46 bits per heavy atom. The highest BCUT2D eigenvalue weighted by atomic mass is 16.5. The summed E-state index contributed by atoms with van der Waals surface area (Å²) in [5.41, 5.74) is 6.81. The number of nitrogens with two attached hydrogens (primary N) is 1. The maximum atomic E-state index is 11.9. The molecule has 26 heavy (non-hydrogen) atoms. The maximum Gasteiger partial charge on any atom is 0.338 e. The van der Waals surface area contributed by atoms with Crippen LogP contribution in [0.2, 0.25) is 0 Å². The smallest absolute Gasteiger partial charge is 0.338 e. The van der Waals surface area contributed by atoms with Crippen molar-refractivity contribution in [1.29, 1.82) is 0 Å². The number of nitrogens with zero attached hydrogens (tertiary/aromatic N) is 1. The number of benzene rings is 1. The van der Waals surface area contributed by atoms with E-state index in [2.05, 4.69) is 18.7 Å². The topological polar surface area (TPSA) is 92.9 Å². The third kappa shape index (κ3) is 13.2. The van der Waals surface area contributed by atoms with Gasteiger partial charge in [0.25, 0.3) is 5.97 Å². The molecule has 0 aliphatic carbocycles. The molecule has 1 rings (SSSR count). The van der Waals surface area contributed by atoms with Gasteiger partial charge in [-0.25, -0.2) is 4.79 Å². The Morgan fingerprint density at radius 1 is 1.00 bits per heavy atom. The summed E-state index contributed by atoms with van der Waals surface area (Å²) in [4.78, 5) is 23.3. The van der Waals surface area contributed by atoms with Crippen LogP contribution in [0.5, 0.6) is 0 Å². The van der Waals surface area contributed by atoms with Gasteiger partial charge in [0.1, 0.15) is 0 Å². The average Bonchev–Trinajstić information content (AvgIpc) is 2.60. The van der Waals surface area contributed by atoms with Crippen LogP contribution < -0.4 is 5.73 Å². The van der Waals surface area contributed by atoms with Gasteiger partial charge >= 0.3 is 5.97 Å². The predicted octanol–water partition coefficient (Wildman–Crippen LogP) is 3.81. The summed E-state index contributed by atoms with van der Waals surface area (Å²) in [7, 11) is 0. The summed E-state index contributed by atoms with van der Waals surface area (Å²) in [5.74, 6) is -1.10. The average molecular weight is 367 g/mol. The van der Waals surface area contributed by atoms with E-state index in [-0.39, 0.29) is 5.97 Å². The standard InChI is InChI=1S/C18H30N2O2.C2H4O2/c1-3-5-12-20(13-6-4-2)14-7-15-22-18(21)16-8-10-17(19)11-9-16;1-2(3)4/h8-11H,3-7,12-15,19H2,1-2H3;1H3,(H,3,4). The van der Waals surface area contributed by atoms with Gasteiger partial charge in [-0.05, 0) is 56.6 Å². The Hall–Kier alpha value is -2.08. The number of rotatable bonds is 11. The monoisotopic (exact) mass is 366 g/mol. The molecular formula is C20H34N2O4. The molecule has 148 valence electrons. The van der Waals surface area contributed by atoms with Crippen molar-refractivity contribution in [1.82, 2.24) is 4.90 Å². The summed E-state index contributed by atoms with van der Waals surface area (Å²) >= 11 is 0. The minimum atomic E-state index is -0.833.